The van der Waals surface area contributed by atoms with Gasteiger partial charge in [-0.1, -0.05) is 0 Å². The van der Waals surface area contributed by atoms with E-state index < -0.39 is 0 Å². The van der Waals surface area contributed by atoms with Crippen molar-refractivity contribution in [3.05, 3.63) is 47.9 Å². The summed E-state index contributed by atoms with van der Waals surface area (Å²) in [7, 11) is 0. The minimum Gasteiger partial charge on any atom is -0.482 e. The van der Waals surface area contributed by atoms with Gasteiger partial charge in [0.05, 0.1) is 12.0 Å². The Morgan fingerprint density at radius 1 is 1.39 bits per heavy atom. The van der Waals surface area contributed by atoms with E-state index in [0.29, 0.717) is 17.0 Å². The number of carbonyl (C=O) groups is 2. The predicted molar refractivity (Wildman–Crippen MR) is 84.5 cm³/mol. The van der Waals surface area contributed by atoms with Crippen LogP contribution in [-0.2, 0) is 11.2 Å². The molecule has 0 aliphatic carbocycles. The van der Waals surface area contributed by atoms with Crippen molar-refractivity contribution in [1.82, 2.24) is 5.32 Å². The van der Waals surface area contributed by atoms with Gasteiger partial charge in [-0.15, -0.1) is 0 Å². The van der Waals surface area contributed by atoms with Gasteiger partial charge < -0.3 is 19.8 Å². The first-order chi connectivity index (χ1) is 11.1. The summed E-state index contributed by atoms with van der Waals surface area (Å²) in [5.74, 6) is 1.06. The van der Waals surface area contributed by atoms with Gasteiger partial charge in [-0.2, -0.15) is 0 Å². The highest BCUT2D eigenvalue weighted by atomic mass is 16.5. The third-order valence-corrected chi connectivity index (χ3v) is 3.66. The van der Waals surface area contributed by atoms with Crippen molar-refractivity contribution in [2.75, 3.05) is 11.9 Å². The first-order valence-electron chi connectivity index (χ1n) is 7.52. The quantitative estimate of drug-likeness (QED) is 0.888. The highest BCUT2D eigenvalue weighted by Crippen LogP contribution is 2.28. The number of anilines is 1. The second kappa shape index (κ2) is 6.56. The molecule has 6 heteroatoms. The standard InChI is InChI=1S/C17H18N2O4/c1-11(4-6-13-3-2-8-22-13)18-17(21)12-5-7-14-15(9-12)23-10-16(20)19-14/h2-3,5,7-9,11H,4,6,10H2,1H3,(H,18,21)(H,19,20)/t11-/m0/s1. The number of carbonyl (C=O) groups excluding carboxylic acids is 2. The van der Waals surface area contributed by atoms with Crippen LogP contribution in [0, 0.1) is 0 Å². The van der Waals surface area contributed by atoms with Crippen molar-refractivity contribution in [3.8, 4) is 5.75 Å². The summed E-state index contributed by atoms with van der Waals surface area (Å²) < 4.78 is 10.6. The van der Waals surface area contributed by atoms with Crippen molar-refractivity contribution in [1.29, 1.82) is 0 Å². The van der Waals surface area contributed by atoms with Gasteiger partial charge >= 0.3 is 0 Å². The zero-order chi connectivity index (χ0) is 16.2. The molecule has 1 aromatic carbocycles. The van der Waals surface area contributed by atoms with Crippen LogP contribution in [0.1, 0.15) is 29.5 Å². The average Bonchev–Trinajstić information content (AvgIpc) is 3.05. The van der Waals surface area contributed by atoms with Gasteiger partial charge in [0, 0.05) is 18.0 Å². The number of hydrogen-bond donors (Lipinski definition) is 2. The lowest BCUT2D eigenvalue weighted by atomic mass is 10.1. The minimum absolute atomic E-state index is 0.0178. The molecular formula is C17H18N2O4. The molecular weight excluding hydrogens is 296 g/mol. The highest BCUT2D eigenvalue weighted by Gasteiger charge is 2.18. The number of ether oxygens (including phenoxy) is 1. The fourth-order valence-electron chi connectivity index (χ4n) is 2.41. The largest absolute Gasteiger partial charge is 0.482 e. The third-order valence-electron chi connectivity index (χ3n) is 3.66. The number of hydrogen-bond acceptors (Lipinski definition) is 4. The van der Waals surface area contributed by atoms with Crippen LogP contribution in [0.2, 0.25) is 0 Å². The van der Waals surface area contributed by atoms with E-state index in [1.165, 1.54) is 0 Å². The Morgan fingerprint density at radius 3 is 3.04 bits per heavy atom. The van der Waals surface area contributed by atoms with Crippen LogP contribution < -0.4 is 15.4 Å². The Morgan fingerprint density at radius 2 is 2.26 bits per heavy atom. The highest BCUT2D eigenvalue weighted by molar-refractivity contribution is 5.99. The van der Waals surface area contributed by atoms with E-state index in [4.69, 9.17) is 9.15 Å². The molecule has 6 nitrogen and oxygen atoms in total. The van der Waals surface area contributed by atoms with E-state index in [2.05, 4.69) is 10.6 Å². The molecule has 1 aliphatic heterocycles. The Bertz CT molecular complexity index is 709. The van der Waals surface area contributed by atoms with Crippen LogP contribution >= 0.6 is 0 Å². The van der Waals surface area contributed by atoms with Gasteiger partial charge in [-0.05, 0) is 43.7 Å². The molecule has 1 atom stereocenters. The summed E-state index contributed by atoms with van der Waals surface area (Å²) in [6.07, 6.45) is 3.20. The normalized spacial score (nSPS) is 14.4. The number of amides is 2. The van der Waals surface area contributed by atoms with Crippen LogP contribution in [0.25, 0.3) is 0 Å². The second-order valence-corrected chi connectivity index (χ2v) is 5.54. The Labute approximate surface area is 133 Å². The molecule has 1 aliphatic rings. The van der Waals surface area contributed by atoms with Crippen LogP contribution in [-0.4, -0.2) is 24.5 Å². The molecule has 120 valence electrons. The fraction of sp³-hybridized carbons (Fsp3) is 0.294. The lowest BCUT2D eigenvalue weighted by Gasteiger charge is -2.19. The van der Waals surface area contributed by atoms with Crippen LogP contribution in [0.4, 0.5) is 5.69 Å². The summed E-state index contributed by atoms with van der Waals surface area (Å²) in [4.78, 5) is 23.5. The van der Waals surface area contributed by atoms with Crippen molar-refractivity contribution in [2.24, 2.45) is 0 Å². The molecule has 2 heterocycles. The molecule has 0 saturated carbocycles. The third kappa shape index (κ3) is 3.71. The Balaban J connectivity index is 1.58. The number of aryl methyl sites for hydroxylation is 1. The number of rotatable bonds is 5. The maximum absolute atomic E-state index is 12.3. The van der Waals surface area contributed by atoms with Crippen molar-refractivity contribution >= 4 is 17.5 Å². The first kappa shape index (κ1) is 15.1. The van der Waals surface area contributed by atoms with E-state index >= 15 is 0 Å². The number of furan rings is 1. The zero-order valence-electron chi connectivity index (χ0n) is 12.8. The predicted octanol–water partition coefficient (Wildman–Crippen LogP) is 2.36. The lowest BCUT2D eigenvalue weighted by Crippen LogP contribution is -2.33. The summed E-state index contributed by atoms with van der Waals surface area (Å²) in [5, 5.41) is 5.65. The SMILES string of the molecule is C[C@@H](CCc1ccco1)NC(=O)c1ccc2c(c1)OCC(=O)N2. The maximum Gasteiger partial charge on any atom is 0.262 e. The van der Waals surface area contributed by atoms with Crippen molar-refractivity contribution < 1.29 is 18.7 Å². The molecule has 0 bridgehead atoms. The molecule has 3 rings (SSSR count). The number of benzene rings is 1. The molecule has 2 amide bonds. The van der Waals surface area contributed by atoms with Crippen LogP contribution in [0.3, 0.4) is 0 Å². The van der Waals surface area contributed by atoms with Gasteiger partial charge in [0.15, 0.2) is 6.61 Å². The average molecular weight is 314 g/mol. The zero-order valence-corrected chi connectivity index (χ0v) is 12.8. The first-order valence-corrected chi connectivity index (χ1v) is 7.52. The molecule has 0 fully saturated rings. The second-order valence-electron chi connectivity index (χ2n) is 5.54. The number of nitrogens with one attached hydrogen (secondary N) is 2. The topological polar surface area (TPSA) is 80.6 Å². The molecule has 2 aromatic rings. The van der Waals surface area contributed by atoms with E-state index in [0.717, 1.165) is 18.6 Å². The van der Waals surface area contributed by atoms with Crippen LogP contribution in [0.15, 0.2) is 41.0 Å². The van der Waals surface area contributed by atoms with Gasteiger partial charge in [0.25, 0.3) is 11.8 Å². The minimum atomic E-state index is -0.193. The fourth-order valence-corrected chi connectivity index (χ4v) is 2.41. The summed E-state index contributed by atoms with van der Waals surface area (Å²) in [6.45, 7) is 1.92. The van der Waals surface area contributed by atoms with E-state index in [1.807, 2.05) is 19.1 Å². The molecule has 0 radical (unpaired) electrons. The van der Waals surface area contributed by atoms with Gasteiger partial charge in [0.2, 0.25) is 0 Å². The van der Waals surface area contributed by atoms with Crippen LogP contribution in [0.5, 0.6) is 5.75 Å². The Hall–Kier alpha value is -2.76. The molecule has 0 spiro atoms. The van der Waals surface area contributed by atoms with Gasteiger partial charge in [-0.25, -0.2) is 0 Å². The molecule has 23 heavy (non-hydrogen) atoms. The van der Waals surface area contributed by atoms with Gasteiger partial charge in [0.1, 0.15) is 11.5 Å². The maximum atomic E-state index is 12.3. The van der Waals surface area contributed by atoms with E-state index in [9.17, 15) is 9.59 Å². The lowest BCUT2D eigenvalue weighted by molar-refractivity contribution is -0.118. The molecule has 0 saturated heterocycles. The monoisotopic (exact) mass is 314 g/mol. The number of fused-ring (bicyclic) bond motifs is 1. The smallest absolute Gasteiger partial charge is 0.262 e. The molecule has 2 N–H and O–H groups in total. The Kier molecular flexibility index (Phi) is 4.32. The van der Waals surface area contributed by atoms with Crippen molar-refractivity contribution in [3.63, 3.8) is 0 Å². The van der Waals surface area contributed by atoms with Crippen molar-refractivity contribution in [2.45, 2.75) is 25.8 Å². The van der Waals surface area contributed by atoms with Gasteiger partial charge in [-0.3, -0.25) is 9.59 Å². The van der Waals surface area contributed by atoms with E-state index in [-0.39, 0.29) is 24.5 Å². The summed E-state index contributed by atoms with van der Waals surface area (Å²) in [6, 6.07) is 8.78. The summed E-state index contributed by atoms with van der Waals surface area (Å²) >= 11 is 0. The van der Waals surface area contributed by atoms with E-state index in [1.54, 1.807) is 24.5 Å². The molecule has 0 unspecified atom stereocenters. The molecule has 1 aromatic heterocycles. The summed E-state index contributed by atoms with van der Waals surface area (Å²) in [5.41, 5.74) is 1.09.